The first-order chi connectivity index (χ1) is 11.1. The predicted molar refractivity (Wildman–Crippen MR) is 95.0 cm³/mol. The number of thiazole rings is 1. The quantitative estimate of drug-likeness (QED) is 0.729. The van der Waals surface area contributed by atoms with E-state index in [0.29, 0.717) is 5.13 Å². The molecule has 3 rings (SSSR count). The Bertz CT molecular complexity index is 884. The summed E-state index contributed by atoms with van der Waals surface area (Å²) in [5.74, 6) is 0.646. The first-order valence-corrected chi connectivity index (χ1v) is 8.01. The molecule has 3 aromatic rings. The van der Waals surface area contributed by atoms with Crippen molar-refractivity contribution in [3.8, 4) is 5.75 Å². The van der Waals surface area contributed by atoms with Crippen molar-refractivity contribution in [2.24, 2.45) is 0 Å². The number of anilines is 1. The number of hydrogen-bond donors (Lipinski definition) is 1. The zero-order chi connectivity index (χ0) is 16.2. The van der Waals surface area contributed by atoms with Gasteiger partial charge in [0.2, 0.25) is 5.91 Å². The monoisotopic (exact) mass is 324 g/mol. The molecule has 0 aliphatic heterocycles. The van der Waals surface area contributed by atoms with E-state index < -0.39 is 0 Å². The van der Waals surface area contributed by atoms with Crippen molar-refractivity contribution in [2.75, 3.05) is 12.4 Å². The molecule has 23 heavy (non-hydrogen) atoms. The molecule has 1 N–H and O–H groups in total. The molecule has 116 valence electrons. The van der Waals surface area contributed by atoms with Crippen LogP contribution in [0.2, 0.25) is 0 Å². The van der Waals surface area contributed by atoms with Gasteiger partial charge in [-0.1, -0.05) is 18.2 Å². The molecule has 0 bridgehead atoms. The number of ether oxygens (including phenoxy) is 1. The fourth-order valence-electron chi connectivity index (χ4n) is 2.20. The molecule has 0 fully saturated rings. The van der Waals surface area contributed by atoms with Gasteiger partial charge in [0.05, 0.1) is 12.8 Å². The summed E-state index contributed by atoms with van der Waals surface area (Å²) in [6.07, 6.45) is 3.31. The third-order valence-electron chi connectivity index (χ3n) is 3.35. The summed E-state index contributed by atoms with van der Waals surface area (Å²) in [6, 6.07) is 11.9. The highest BCUT2D eigenvalue weighted by molar-refractivity contribution is 7.13. The third kappa shape index (κ3) is 3.76. The number of nitrogens with one attached hydrogen (secondary N) is 1. The van der Waals surface area contributed by atoms with E-state index in [1.54, 1.807) is 13.2 Å². The van der Waals surface area contributed by atoms with Crippen molar-refractivity contribution in [1.82, 2.24) is 4.98 Å². The van der Waals surface area contributed by atoms with E-state index in [0.717, 1.165) is 27.8 Å². The molecule has 0 radical (unpaired) electrons. The zero-order valence-corrected chi connectivity index (χ0v) is 13.7. The van der Waals surface area contributed by atoms with Crippen LogP contribution >= 0.6 is 11.3 Å². The van der Waals surface area contributed by atoms with E-state index in [4.69, 9.17) is 4.74 Å². The van der Waals surface area contributed by atoms with Crippen LogP contribution in [0, 0.1) is 6.92 Å². The number of carbonyl (C=O) groups is 1. The normalized spacial score (nSPS) is 11.0. The van der Waals surface area contributed by atoms with Crippen LogP contribution in [0.1, 0.15) is 11.3 Å². The van der Waals surface area contributed by atoms with Gasteiger partial charge in [0.25, 0.3) is 0 Å². The molecule has 0 saturated heterocycles. The molecular formula is C18H16N2O2S. The van der Waals surface area contributed by atoms with Gasteiger partial charge < -0.3 is 4.74 Å². The van der Waals surface area contributed by atoms with Gasteiger partial charge in [0.1, 0.15) is 5.75 Å². The minimum absolute atomic E-state index is 0.186. The molecule has 1 heterocycles. The number of amides is 1. The molecule has 0 spiro atoms. The Morgan fingerprint density at radius 2 is 2.00 bits per heavy atom. The van der Waals surface area contributed by atoms with Crippen LogP contribution in [-0.2, 0) is 4.79 Å². The molecule has 1 amide bonds. The summed E-state index contributed by atoms with van der Waals surface area (Å²) in [5, 5.41) is 7.47. The van der Waals surface area contributed by atoms with E-state index in [9.17, 15) is 4.79 Å². The molecule has 0 atom stereocenters. The van der Waals surface area contributed by atoms with Crippen LogP contribution in [0.4, 0.5) is 5.13 Å². The Labute approximate surface area is 138 Å². The fraction of sp³-hybridized carbons (Fsp3) is 0.111. The van der Waals surface area contributed by atoms with E-state index in [1.807, 2.05) is 48.7 Å². The Balaban J connectivity index is 1.74. The van der Waals surface area contributed by atoms with Crippen LogP contribution in [0.15, 0.2) is 47.9 Å². The Morgan fingerprint density at radius 1 is 1.22 bits per heavy atom. The maximum atomic E-state index is 11.9. The van der Waals surface area contributed by atoms with Crippen LogP contribution in [-0.4, -0.2) is 18.0 Å². The molecule has 0 unspecified atom stereocenters. The van der Waals surface area contributed by atoms with Crippen LogP contribution in [0.5, 0.6) is 5.75 Å². The second-order valence-corrected chi connectivity index (χ2v) is 5.95. The highest BCUT2D eigenvalue weighted by atomic mass is 32.1. The summed E-state index contributed by atoms with van der Waals surface area (Å²) in [7, 11) is 1.65. The minimum atomic E-state index is -0.186. The van der Waals surface area contributed by atoms with Crippen LogP contribution in [0.25, 0.3) is 16.8 Å². The number of benzene rings is 2. The van der Waals surface area contributed by atoms with E-state index in [1.165, 1.54) is 17.4 Å². The highest BCUT2D eigenvalue weighted by Crippen LogP contribution is 2.22. The van der Waals surface area contributed by atoms with Crippen molar-refractivity contribution in [3.63, 3.8) is 0 Å². The van der Waals surface area contributed by atoms with Gasteiger partial charge in [0.15, 0.2) is 5.13 Å². The lowest BCUT2D eigenvalue weighted by Crippen LogP contribution is -2.07. The number of hydrogen-bond acceptors (Lipinski definition) is 4. The maximum absolute atomic E-state index is 11.9. The van der Waals surface area contributed by atoms with Gasteiger partial charge in [-0.15, -0.1) is 11.3 Å². The number of aryl methyl sites for hydroxylation is 1. The van der Waals surface area contributed by atoms with Gasteiger partial charge in [-0.05, 0) is 47.5 Å². The number of fused-ring (bicyclic) bond motifs is 1. The second kappa shape index (κ2) is 6.62. The number of nitrogens with zero attached hydrogens (tertiary/aromatic N) is 1. The van der Waals surface area contributed by atoms with Crippen LogP contribution in [0.3, 0.4) is 0 Å². The molecule has 0 saturated carbocycles. The Hall–Kier alpha value is -2.66. The summed E-state index contributed by atoms with van der Waals surface area (Å²) < 4.78 is 5.22. The van der Waals surface area contributed by atoms with E-state index >= 15 is 0 Å². The lowest BCUT2D eigenvalue weighted by Gasteiger charge is -2.03. The fourth-order valence-corrected chi connectivity index (χ4v) is 2.89. The number of aromatic nitrogens is 1. The van der Waals surface area contributed by atoms with E-state index in [-0.39, 0.29) is 5.91 Å². The van der Waals surface area contributed by atoms with Crippen molar-refractivity contribution in [2.45, 2.75) is 6.92 Å². The average molecular weight is 324 g/mol. The first-order valence-electron chi connectivity index (χ1n) is 7.13. The van der Waals surface area contributed by atoms with Crippen molar-refractivity contribution >= 4 is 39.2 Å². The highest BCUT2D eigenvalue weighted by Gasteiger charge is 2.02. The zero-order valence-electron chi connectivity index (χ0n) is 12.9. The largest absolute Gasteiger partial charge is 0.497 e. The third-order valence-corrected chi connectivity index (χ3v) is 4.22. The molecule has 5 heteroatoms. The Kier molecular flexibility index (Phi) is 4.39. The molecule has 1 aromatic heterocycles. The Morgan fingerprint density at radius 3 is 2.74 bits per heavy atom. The lowest BCUT2D eigenvalue weighted by atomic mass is 10.1. The van der Waals surface area contributed by atoms with Gasteiger partial charge in [0, 0.05) is 11.5 Å². The van der Waals surface area contributed by atoms with Gasteiger partial charge in [-0.2, -0.15) is 0 Å². The van der Waals surface area contributed by atoms with E-state index in [2.05, 4.69) is 10.3 Å². The summed E-state index contributed by atoms with van der Waals surface area (Å²) in [6.45, 7) is 1.89. The molecule has 2 aromatic carbocycles. The van der Waals surface area contributed by atoms with Gasteiger partial charge in [-0.3, -0.25) is 10.1 Å². The first kappa shape index (κ1) is 15.2. The standard InChI is InChI=1S/C18H16N2O2S/c1-12-11-23-18(19-12)20-17(21)8-4-13-3-5-15-10-16(22-2)7-6-14(15)9-13/h3-11H,1-2H3,(H,19,20,21)/b8-4+. The summed E-state index contributed by atoms with van der Waals surface area (Å²) >= 11 is 1.42. The smallest absolute Gasteiger partial charge is 0.250 e. The predicted octanol–water partition coefficient (Wildman–Crippen LogP) is 4.27. The van der Waals surface area contributed by atoms with Crippen molar-refractivity contribution < 1.29 is 9.53 Å². The number of rotatable bonds is 4. The molecule has 0 aliphatic rings. The lowest BCUT2D eigenvalue weighted by molar-refractivity contribution is -0.111. The molecule has 0 aliphatic carbocycles. The second-order valence-electron chi connectivity index (χ2n) is 5.09. The minimum Gasteiger partial charge on any atom is -0.497 e. The van der Waals surface area contributed by atoms with Gasteiger partial charge in [-0.25, -0.2) is 4.98 Å². The SMILES string of the molecule is COc1ccc2cc(/C=C/C(=O)Nc3nc(C)cs3)ccc2c1. The van der Waals surface area contributed by atoms with Crippen molar-refractivity contribution in [3.05, 3.63) is 59.1 Å². The number of carbonyl (C=O) groups excluding carboxylic acids is 1. The average Bonchev–Trinajstić information content (AvgIpc) is 2.97. The van der Waals surface area contributed by atoms with Crippen LogP contribution < -0.4 is 10.1 Å². The topological polar surface area (TPSA) is 51.2 Å². The van der Waals surface area contributed by atoms with Gasteiger partial charge >= 0.3 is 0 Å². The number of methoxy groups -OCH3 is 1. The maximum Gasteiger partial charge on any atom is 0.250 e. The summed E-state index contributed by atoms with van der Waals surface area (Å²) in [5.41, 5.74) is 1.87. The molecular weight excluding hydrogens is 308 g/mol. The molecule has 4 nitrogen and oxygen atoms in total. The van der Waals surface area contributed by atoms with Crippen molar-refractivity contribution in [1.29, 1.82) is 0 Å². The summed E-state index contributed by atoms with van der Waals surface area (Å²) in [4.78, 5) is 16.1.